The number of hydrogen-bond donors (Lipinski definition) is 0. The summed E-state index contributed by atoms with van der Waals surface area (Å²) in [4.78, 5) is 0. The Morgan fingerprint density at radius 2 is 1.73 bits per heavy atom. The number of hydrogen-bond acceptors (Lipinski definition) is 2. The van der Waals surface area contributed by atoms with Crippen LogP contribution in [0.25, 0.3) is 0 Å². The highest BCUT2D eigenvalue weighted by Crippen LogP contribution is 2.03. The van der Waals surface area contributed by atoms with Gasteiger partial charge in [0.2, 0.25) is 0 Å². The molecule has 1 rings (SSSR count). The summed E-state index contributed by atoms with van der Waals surface area (Å²) in [5.41, 5.74) is 0.718. The zero-order valence-corrected chi connectivity index (χ0v) is 6.71. The molecule has 0 unspecified atom stereocenters. The summed E-state index contributed by atoms with van der Waals surface area (Å²) in [6.45, 7) is 0. The molecule has 58 valence electrons. The molecular formula is C8H8O2S. The van der Waals surface area contributed by atoms with Crippen molar-refractivity contribution in [2.24, 2.45) is 0 Å². The third-order valence-corrected chi connectivity index (χ3v) is 1.95. The van der Waals surface area contributed by atoms with Crippen LogP contribution in [-0.4, -0.2) is 8.42 Å². The lowest BCUT2D eigenvalue weighted by atomic mass is 10.2. The van der Waals surface area contributed by atoms with E-state index in [9.17, 15) is 8.42 Å². The zero-order chi connectivity index (χ0) is 8.32. The maximum Gasteiger partial charge on any atom is 0.159 e. The first kappa shape index (κ1) is 8.27. The van der Waals surface area contributed by atoms with Crippen LogP contribution in [0.5, 0.6) is 0 Å². The van der Waals surface area contributed by atoms with Gasteiger partial charge in [-0.2, -0.15) is 0 Å². The second-order valence-corrected chi connectivity index (χ2v) is 3.91. The van der Waals surface area contributed by atoms with Gasteiger partial charge in [-0.1, -0.05) is 30.3 Å². The summed E-state index contributed by atoms with van der Waals surface area (Å²) in [5, 5.41) is 0. The van der Waals surface area contributed by atoms with Crippen molar-refractivity contribution in [2.75, 3.05) is 0 Å². The van der Waals surface area contributed by atoms with Gasteiger partial charge in [0, 0.05) is 0 Å². The second-order valence-electron chi connectivity index (χ2n) is 2.29. The normalized spacial score (nSPS) is 11.4. The number of benzene rings is 1. The fourth-order valence-electron chi connectivity index (χ4n) is 0.807. The van der Waals surface area contributed by atoms with E-state index in [1.54, 1.807) is 24.3 Å². The van der Waals surface area contributed by atoms with Crippen LogP contribution in [0.15, 0.2) is 30.3 Å². The van der Waals surface area contributed by atoms with E-state index in [1.807, 2.05) is 6.07 Å². The molecule has 0 amide bonds. The van der Waals surface area contributed by atoms with E-state index < -0.39 is 9.84 Å². The average molecular weight is 168 g/mol. The topological polar surface area (TPSA) is 34.1 Å². The second kappa shape index (κ2) is 3.05. The lowest BCUT2D eigenvalue weighted by molar-refractivity contribution is 0.603. The Bertz CT molecular complexity index is 313. The number of sulfone groups is 1. The van der Waals surface area contributed by atoms with Crippen molar-refractivity contribution < 1.29 is 8.42 Å². The van der Waals surface area contributed by atoms with Gasteiger partial charge < -0.3 is 0 Å². The van der Waals surface area contributed by atoms with Gasteiger partial charge in [0.25, 0.3) is 0 Å². The largest absolute Gasteiger partial charge is 0.228 e. The quantitative estimate of drug-likeness (QED) is 0.666. The van der Waals surface area contributed by atoms with E-state index in [4.69, 9.17) is 6.26 Å². The molecule has 3 heteroatoms. The van der Waals surface area contributed by atoms with Crippen LogP contribution in [0, 0.1) is 6.26 Å². The minimum Gasteiger partial charge on any atom is -0.228 e. The van der Waals surface area contributed by atoms with Gasteiger partial charge in [-0.3, -0.25) is 0 Å². The molecule has 1 aromatic rings. The van der Waals surface area contributed by atoms with E-state index in [0.29, 0.717) is 0 Å². The van der Waals surface area contributed by atoms with E-state index in [-0.39, 0.29) is 5.75 Å². The van der Waals surface area contributed by atoms with Crippen molar-refractivity contribution in [2.45, 2.75) is 5.75 Å². The molecule has 0 heterocycles. The van der Waals surface area contributed by atoms with E-state index in [2.05, 4.69) is 0 Å². The van der Waals surface area contributed by atoms with Crippen LogP contribution < -0.4 is 0 Å². The summed E-state index contributed by atoms with van der Waals surface area (Å²) in [7, 11) is -3.38. The van der Waals surface area contributed by atoms with Crippen LogP contribution in [0.3, 0.4) is 0 Å². The monoisotopic (exact) mass is 168 g/mol. The van der Waals surface area contributed by atoms with Gasteiger partial charge in [-0.25, -0.2) is 8.42 Å². The first-order valence-electron chi connectivity index (χ1n) is 3.12. The molecule has 11 heavy (non-hydrogen) atoms. The molecule has 0 saturated carbocycles. The minimum absolute atomic E-state index is 0.0894. The van der Waals surface area contributed by atoms with Crippen molar-refractivity contribution >= 4 is 9.84 Å². The first-order valence-corrected chi connectivity index (χ1v) is 4.84. The Balaban J connectivity index is 2.82. The molecule has 0 N–H and O–H groups in total. The molecule has 0 aliphatic carbocycles. The maximum atomic E-state index is 10.6. The molecule has 2 radical (unpaired) electrons. The Morgan fingerprint density at radius 3 is 2.18 bits per heavy atom. The predicted octanol–water partition coefficient (Wildman–Crippen LogP) is 1.27. The molecular weight excluding hydrogens is 160 g/mol. The van der Waals surface area contributed by atoms with Crippen LogP contribution in [0.1, 0.15) is 5.56 Å². The van der Waals surface area contributed by atoms with Gasteiger partial charge in [0.1, 0.15) is 0 Å². The smallest absolute Gasteiger partial charge is 0.159 e. The highest BCUT2D eigenvalue weighted by Gasteiger charge is 2.02. The average Bonchev–Trinajstić information content (AvgIpc) is 1.85. The van der Waals surface area contributed by atoms with Gasteiger partial charge in [-0.15, -0.1) is 0 Å². The Labute approximate surface area is 66.8 Å². The predicted molar refractivity (Wildman–Crippen MR) is 43.4 cm³/mol. The molecule has 2 nitrogen and oxygen atoms in total. The number of rotatable bonds is 2. The summed E-state index contributed by atoms with van der Waals surface area (Å²) < 4.78 is 21.2. The molecule has 0 atom stereocenters. The Kier molecular flexibility index (Phi) is 2.29. The molecule has 0 aromatic heterocycles. The zero-order valence-electron chi connectivity index (χ0n) is 5.90. The van der Waals surface area contributed by atoms with E-state index in [0.717, 1.165) is 5.56 Å². The van der Waals surface area contributed by atoms with Crippen molar-refractivity contribution in [3.8, 4) is 0 Å². The van der Waals surface area contributed by atoms with Crippen molar-refractivity contribution in [3.05, 3.63) is 42.2 Å². The minimum atomic E-state index is -3.38. The third-order valence-electron chi connectivity index (χ3n) is 1.21. The van der Waals surface area contributed by atoms with Gasteiger partial charge in [0.15, 0.2) is 9.84 Å². The lowest BCUT2D eigenvalue weighted by Crippen LogP contribution is -1.97. The molecule has 1 aromatic carbocycles. The molecule has 0 fully saturated rings. The van der Waals surface area contributed by atoms with E-state index >= 15 is 0 Å². The molecule has 0 saturated heterocycles. The first-order chi connectivity index (χ1) is 5.08. The summed E-state index contributed by atoms with van der Waals surface area (Å²) >= 11 is 0. The van der Waals surface area contributed by atoms with Crippen molar-refractivity contribution in [3.63, 3.8) is 0 Å². The van der Waals surface area contributed by atoms with Gasteiger partial charge >= 0.3 is 0 Å². The Hall–Kier alpha value is -0.830. The molecule has 0 aliphatic rings. The highest BCUT2D eigenvalue weighted by molar-refractivity contribution is 7.91. The van der Waals surface area contributed by atoms with Crippen molar-refractivity contribution in [1.29, 1.82) is 0 Å². The summed E-state index contributed by atoms with van der Waals surface area (Å²) in [5.74, 6) is -0.0894. The molecule has 0 bridgehead atoms. The fourth-order valence-corrected chi connectivity index (χ4v) is 1.46. The Morgan fingerprint density at radius 1 is 1.18 bits per heavy atom. The van der Waals surface area contributed by atoms with Crippen LogP contribution >= 0.6 is 0 Å². The fraction of sp³-hybridized carbons (Fsp3) is 0.125. The van der Waals surface area contributed by atoms with E-state index in [1.165, 1.54) is 0 Å². The lowest BCUT2D eigenvalue weighted by Gasteiger charge is -1.95. The highest BCUT2D eigenvalue weighted by atomic mass is 32.2. The van der Waals surface area contributed by atoms with Crippen molar-refractivity contribution in [1.82, 2.24) is 0 Å². The molecule has 0 spiro atoms. The molecule has 0 aliphatic heterocycles. The maximum absolute atomic E-state index is 10.6. The summed E-state index contributed by atoms with van der Waals surface area (Å²) in [6.07, 6.45) is 4.84. The standard InChI is InChI=1S/C8H8O2S/c1-11(9,10)7-8-5-3-2-4-6-8/h1-6H,7H2. The third kappa shape index (κ3) is 3.18. The van der Waals surface area contributed by atoms with Gasteiger partial charge in [0.05, 0.1) is 12.0 Å². The van der Waals surface area contributed by atoms with Crippen LogP contribution in [0.2, 0.25) is 0 Å². The van der Waals surface area contributed by atoms with Gasteiger partial charge in [-0.05, 0) is 5.56 Å². The van der Waals surface area contributed by atoms with Crippen LogP contribution in [-0.2, 0) is 15.6 Å². The summed E-state index contributed by atoms with van der Waals surface area (Å²) in [6, 6.07) is 8.84. The van der Waals surface area contributed by atoms with Crippen LogP contribution in [0.4, 0.5) is 0 Å². The SMILES string of the molecule is [CH]S(=O)(=O)Cc1ccccc1.